The van der Waals surface area contributed by atoms with Crippen molar-refractivity contribution in [1.29, 1.82) is 0 Å². The number of nitrogens with zero attached hydrogens (tertiary/aromatic N) is 3. The Balaban J connectivity index is 2.32. The monoisotopic (exact) mass is 236 g/mol. The quantitative estimate of drug-likeness (QED) is 0.698. The second-order valence-electron chi connectivity index (χ2n) is 3.02. The van der Waals surface area contributed by atoms with Crippen LogP contribution in [-0.2, 0) is 0 Å². The number of hydrogen-bond acceptors (Lipinski definition) is 5. The van der Waals surface area contributed by atoms with Gasteiger partial charge in [0, 0.05) is 0 Å². The van der Waals surface area contributed by atoms with Crippen LogP contribution in [0.5, 0.6) is 0 Å². The molecule has 16 heavy (non-hydrogen) atoms. The fourth-order valence-electron chi connectivity index (χ4n) is 1.11. The number of benzene rings is 1. The number of nitrogen functional groups attached to an aromatic ring is 2. The number of aromatic amines is 1. The molecule has 7 heteroatoms. The number of aromatic nitrogens is 2. The van der Waals surface area contributed by atoms with E-state index in [0.29, 0.717) is 16.4 Å². The van der Waals surface area contributed by atoms with Gasteiger partial charge < -0.3 is 11.5 Å². The van der Waals surface area contributed by atoms with Crippen LogP contribution in [0.15, 0.2) is 34.5 Å². The molecule has 0 aliphatic rings. The van der Waals surface area contributed by atoms with Crippen molar-refractivity contribution in [2.75, 3.05) is 11.5 Å². The molecule has 0 radical (unpaired) electrons. The molecule has 0 aliphatic carbocycles. The van der Waals surface area contributed by atoms with Crippen molar-refractivity contribution in [1.82, 2.24) is 10.2 Å². The standard InChI is InChI=1S/C9H9ClN6/c10-5-3-1-2-4-6(5)13-14-7-8(11)15-16-9(7)12/h1-4H,(H5,11,12,15,16). The van der Waals surface area contributed by atoms with Crippen LogP contribution in [0.4, 0.5) is 23.0 Å². The predicted octanol–water partition coefficient (Wildman–Crippen LogP) is 2.64. The SMILES string of the molecule is Nc1n[nH]c(N)c1N=Nc1ccccc1Cl. The zero-order valence-electron chi connectivity index (χ0n) is 8.18. The summed E-state index contributed by atoms with van der Waals surface area (Å²) in [6.45, 7) is 0. The molecule has 82 valence electrons. The molecule has 0 saturated carbocycles. The summed E-state index contributed by atoms with van der Waals surface area (Å²) in [5.41, 5.74) is 12.0. The van der Waals surface area contributed by atoms with Crippen LogP contribution in [0.3, 0.4) is 0 Å². The Kier molecular flexibility index (Phi) is 2.74. The maximum atomic E-state index is 5.90. The van der Waals surface area contributed by atoms with Crippen molar-refractivity contribution in [2.45, 2.75) is 0 Å². The highest BCUT2D eigenvalue weighted by Gasteiger charge is 2.06. The molecule has 0 atom stereocenters. The Hall–Kier alpha value is -2.08. The van der Waals surface area contributed by atoms with Gasteiger partial charge in [0.25, 0.3) is 0 Å². The summed E-state index contributed by atoms with van der Waals surface area (Å²) in [5, 5.41) is 14.5. The molecule has 0 amide bonds. The minimum absolute atomic E-state index is 0.202. The topological polar surface area (TPSA) is 105 Å². The molecule has 1 heterocycles. The lowest BCUT2D eigenvalue weighted by Crippen LogP contribution is -1.84. The minimum Gasteiger partial charge on any atom is -0.382 e. The first-order chi connectivity index (χ1) is 7.68. The third kappa shape index (κ3) is 1.96. The number of anilines is 2. The maximum Gasteiger partial charge on any atom is 0.175 e. The summed E-state index contributed by atoms with van der Waals surface area (Å²) in [7, 11) is 0. The first kappa shape index (κ1) is 10.4. The van der Waals surface area contributed by atoms with Crippen LogP contribution in [-0.4, -0.2) is 10.2 Å². The third-order valence-corrected chi connectivity index (χ3v) is 2.22. The predicted molar refractivity (Wildman–Crippen MR) is 63.0 cm³/mol. The molecule has 0 spiro atoms. The zero-order valence-corrected chi connectivity index (χ0v) is 8.94. The molecule has 0 unspecified atom stereocenters. The van der Waals surface area contributed by atoms with E-state index in [1.165, 1.54) is 0 Å². The first-order valence-electron chi connectivity index (χ1n) is 4.44. The molecule has 2 aromatic rings. The number of azo groups is 1. The second-order valence-corrected chi connectivity index (χ2v) is 3.43. The van der Waals surface area contributed by atoms with E-state index < -0.39 is 0 Å². The Bertz CT molecular complexity index is 513. The molecular weight excluding hydrogens is 228 g/mol. The van der Waals surface area contributed by atoms with E-state index in [9.17, 15) is 0 Å². The maximum absolute atomic E-state index is 5.90. The number of halogens is 1. The van der Waals surface area contributed by atoms with E-state index in [4.69, 9.17) is 23.1 Å². The Morgan fingerprint density at radius 1 is 1.19 bits per heavy atom. The largest absolute Gasteiger partial charge is 0.382 e. The highest BCUT2D eigenvalue weighted by atomic mass is 35.5. The van der Waals surface area contributed by atoms with E-state index in [0.717, 1.165) is 0 Å². The zero-order chi connectivity index (χ0) is 11.5. The van der Waals surface area contributed by atoms with Crippen molar-refractivity contribution in [3.8, 4) is 0 Å². The normalized spacial score (nSPS) is 11.1. The van der Waals surface area contributed by atoms with Crippen LogP contribution in [0.1, 0.15) is 0 Å². The fraction of sp³-hybridized carbons (Fsp3) is 0. The van der Waals surface area contributed by atoms with Crippen LogP contribution < -0.4 is 11.5 Å². The van der Waals surface area contributed by atoms with E-state index in [1.54, 1.807) is 12.1 Å². The van der Waals surface area contributed by atoms with Gasteiger partial charge in [-0.2, -0.15) is 5.10 Å². The molecule has 2 rings (SSSR count). The van der Waals surface area contributed by atoms with Gasteiger partial charge in [0.1, 0.15) is 11.5 Å². The average Bonchev–Trinajstić information content (AvgIpc) is 2.58. The van der Waals surface area contributed by atoms with Crippen LogP contribution in [0.2, 0.25) is 5.02 Å². The minimum atomic E-state index is 0.202. The van der Waals surface area contributed by atoms with Crippen LogP contribution in [0, 0.1) is 0 Å². The summed E-state index contributed by atoms with van der Waals surface area (Å²) >= 11 is 5.90. The van der Waals surface area contributed by atoms with Crippen molar-refractivity contribution in [3.63, 3.8) is 0 Å². The molecule has 1 aromatic carbocycles. The number of H-pyrrole nitrogens is 1. The Morgan fingerprint density at radius 2 is 1.94 bits per heavy atom. The summed E-state index contributed by atoms with van der Waals surface area (Å²) in [6, 6.07) is 7.07. The van der Waals surface area contributed by atoms with Gasteiger partial charge in [0.2, 0.25) is 0 Å². The molecule has 0 fully saturated rings. The lowest BCUT2D eigenvalue weighted by molar-refractivity contribution is 1.11. The van der Waals surface area contributed by atoms with Crippen molar-refractivity contribution < 1.29 is 0 Å². The van der Waals surface area contributed by atoms with Gasteiger partial charge in [-0.05, 0) is 12.1 Å². The highest BCUT2D eigenvalue weighted by Crippen LogP contribution is 2.30. The van der Waals surface area contributed by atoms with Gasteiger partial charge in [-0.1, -0.05) is 23.7 Å². The summed E-state index contributed by atoms with van der Waals surface area (Å²) in [6.07, 6.45) is 0. The molecule has 5 N–H and O–H groups in total. The van der Waals surface area contributed by atoms with Crippen molar-refractivity contribution in [3.05, 3.63) is 29.3 Å². The summed E-state index contributed by atoms with van der Waals surface area (Å²) < 4.78 is 0. The fourth-order valence-corrected chi connectivity index (χ4v) is 1.28. The lowest BCUT2D eigenvalue weighted by atomic mass is 10.3. The van der Waals surface area contributed by atoms with E-state index in [2.05, 4.69) is 20.4 Å². The van der Waals surface area contributed by atoms with E-state index >= 15 is 0 Å². The average molecular weight is 237 g/mol. The second kappa shape index (κ2) is 4.19. The van der Waals surface area contributed by atoms with Gasteiger partial charge in [-0.3, -0.25) is 5.10 Å². The number of hydrogen-bond donors (Lipinski definition) is 3. The van der Waals surface area contributed by atoms with Gasteiger partial charge in [-0.25, -0.2) is 0 Å². The van der Waals surface area contributed by atoms with E-state index in [-0.39, 0.29) is 11.6 Å². The third-order valence-electron chi connectivity index (χ3n) is 1.90. The van der Waals surface area contributed by atoms with Crippen LogP contribution >= 0.6 is 11.6 Å². The number of rotatable bonds is 2. The molecule has 0 bridgehead atoms. The first-order valence-corrected chi connectivity index (χ1v) is 4.82. The molecular formula is C9H9ClN6. The molecule has 6 nitrogen and oxygen atoms in total. The number of nitrogens with two attached hydrogens (primary N) is 2. The highest BCUT2D eigenvalue weighted by molar-refractivity contribution is 6.32. The van der Waals surface area contributed by atoms with Crippen molar-refractivity contribution >= 4 is 34.6 Å². The molecule has 0 aliphatic heterocycles. The van der Waals surface area contributed by atoms with Crippen LogP contribution in [0.25, 0.3) is 0 Å². The van der Waals surface area contributed by atoms with E-state index in [1.807, 2.05) is 12.1 Å². The molecule has 1 aromatic heterocycles. The lowest BCUT2D eigenvalue weighted by Gasteiger charge is -1.95. The smallest absolute Gasteiger partial charge is 0.175 e. The van der Waals surface area contributed by atoms with Gasteiger partial charge in [0.05, 0.1) is 5.02 Å². The Morgan fingerprint density at radius 3 is 2.56 bits per heavy atom. The van der Waals surface area contributed by atoms with Gasteiger partial charge >= 0.3 is 0 Å². The summed E-state index contributed by atoms with van der Waals surface area (Å²) in [5.74, 6) is 0.474. The van der Waals surface area contributed by atoms with Crippen molar-refractivity contribution in [2.24, 2.45) is 10.2 Å². The molecule has 0 saturated heterocycles. The Labute approximate surface area is 96.3 Å². The summed E-state index contributed by atoms with van der Waals surface area (Å²) in [4.78, 5) is 0. The number of nitrogens with one attached hydrogen (secondary N) is 1. The van der Waals surface area contributed by atoms with Gasteiger partial charge in [0.15, 0.2) is 11.5 Å². The van der Waals surface area contributed by atoms with Gasteiger partial charge in [-0.15, -0.1) is 10.2 Å².